The van der Waals surface area contributed by atoms with E-state index in [1.54, 1.807) is 19.2 Å². The molecule has 0 aromatic carbocycles. The van der Waals surface area contributed by atoms with Crippen molar-refractivity contribution in [3.05, 3.63) is 37.3 Å². The Morgan fingerprint density at radius 1 is 1.35 bits per heavy atom. The highest BCUT2D eigenvalue weighted by Crippen LogP contribution is 2.02. The highest BCUT2D eigenvalue weighted by molar-refractivity contribution is 5.88. The first kappa shape index (κ1) is 15.2. The minimum Gasteiger partial charge on any atom is -0.291 e. The van der Waals surface area contributed by atoms with Gasteiger partial charge in [-0.2, -0.15) is 0 Å². The predicted molar refractivity (Wildman–Crippen MR) is 71.5 cm³/mol. The molecule has 0 fully saturated rings. The lowest BCUT2D eigenvalue weighted by molar-refractivity contribution is 0.214. The molecule has 0 unspecified atom stereocenters. The Kier molecular flexibility index (Phi) is 8.37. The SMILES string of the molecule is C=CN(/C=C\CCCC)C(=O)N(C=N)/C=C\C. The van der Waals surface area contributed by atoms with Crippen LogP contribution in [-0.2, 0) is 0 Å². The number of carbonyl (C=O) groups is 1. The molecule has 0 saturated heterocycles. The number of hydrogen-bond acceptors (Lipinski definition) is 2. The summed E-state index contributed by atoms with van der Waals surface area (Å²) >= 11 is 0. The number of carbonyl (C=O) groups excluding carboxylic acids is 1. The molecule has 0 aliphatic heterocycles. The van der Waals surface area contributed by atoms with Crippen LogP contribution in [0.1, 0.15) is 33.1 Å². The van der Waals surface area contributed by atoms with Gasteiger partial charge in [0.15, 0.2) is 0 Å². The second-order valence-electron chi connectivity index (χ2n) is 3.42. The molecule has 94 valence electrons. The molecule has 0 bridgehead atoms. The van der Waals surface area contributed by atoms with Gasteiger partial charge in [-0.15, -0.1) is 0 Å². The van der Waals surface area contributed by atoms with E-state index in [1.807, 2.05) is 6.08 Å². The smallest absolute Gasteiger partial charge is 0.291 e. The number of allylic oxidation sites excluding steroid dienone is 2. The normalized spacial score (nSPS) is 10.7. The average molecular weight is 235 g/mol. The zero-order chi connectivity index (χ0) is 13.1. The van der Waals surface area contributed by atoms with Crippen LogP contribution in [0.5, 0.6) is 0 Å². The maximum atomic E-state index is 11.9. The van der Waals surface area contributed by atoms with Crippen molar-refractivity contribution in [2.75, 3.05) is 0 Å². The van der Waals surface area contributed by atoms with Crippen LogP contribution >= 0.6 is 0 Å². The van der Waals surface area contributed by atoms with E-state index in [0.717, 1.165) is 25.6 Å². The highest BCUT2D eigenvalue weighted by Gasteiger charge is 2.12. The van der Waals surface area contributed by atoms with Crippen LogP contribution in [0.2, 0.25) is 0 Å². The molecule has 0 aromatic rings. The van der Waals surface area contributed by atoms with Crippen LogP contribution in [0.4, 0.5) is 4.79 Å². The van der Waals surface area contributed by atoms with Crippen molar-refractivity contribution in [1.82, 2.24) is 9.80 Å². The van der Waals surface area contributed by atoms with Gasteiger partial charge in [-0.3, -0.25) is 15.2 Å². The number of urea groups is 1. The molecule has 2 amide bonds. The third kappa shape index (κ3) is 5.70. The average Bonchev–Trinajstić information content (AvgIpc) is 2.35. The van der Waals surface area contributed by atoms with Gasteiger partial charge in [0.1, 0.15) is 0 Å². The van der Waals surface area contributed by atoms with E-state index in [-0.39, 0.29) is 6.03 Å². The van der Waals surface area contributed by atoms with E-state index in [2.05, 4.69) is 13.5 Å². The molecule has 0 aliphatic rings. The summed E-state index contributed by atoms with van der Waals surface area (Å²) in [6.45, 7) is 7.49. The first-order chi connectivity index (χ1) is 8.21. The zero-order valence-electron chi connectivity index (χ0n) is 10.6. The quantitative estimate of drug-likeness (QED) is 0.408. The first-order valence-corrected chi connectivity index (χ1v) is 5.74. The molecular weight excluding hydrogens is 214 g/mol. The van der Waals surface area contributed by atoms with Crippen molar-refractivity contribution in [2.45, 2.75) is 33.1 Å². The van der Waals surface area contributed by atoms with Gasteiger partial charge < -0.3 is 0 Å². The van der Waals surface area contributed by atoms with Crippen molar-refractivity contribution in [1.29, 1.82) is 5.41 Å². The van der Waals surface area contributed by atoms with Gasteiger partial charge in [0.25, 0.3) is 0 Å². The monoisotopic (exact) mass is 235 g/mol. The fraction of sp³-hybridized carbons (Fsp3) is 0.385. The van der Waals surface area contributed by atoms with Crippen LogP contribution in [0, 0.1) is 5.41 Å². The number of nitrogens with one attached hydrogen (secondary N) is 1. The predicted octanol–water partition coefficient (Wildman–Crippen LogP) is 3.70. The van der Waals surface area contributed by atoms with Gasteiger partial charge in [-0.05, 0) is 13.3 Å². The summed E-state index contributed by atoms with van der Waals surface area (Å²) < 4.78 is 0. The molecule has 0 spiro atoms. The van der Waals surface area contributed by atoms with Crippen LogP contribution in [0.25, 0.3) is 0 Å². The van der Waals surface area contributed by atoms with E-state index < -0.39 is 0 Å². The van der Waals surface area contributed by atoms with Crippen molar-refractivity contribution >= 4 is 12.4 Å². The molecule has 0 atom stereocenters. The summed E-state index contributed by atoms with van der Waals surface area (Å²) in [7, 11) is 0. The topological polar surface area (TPSA) is 47.4 Å². The first-order valence-electron chi connectivity index (χ1n) is 5.74. The Morgan fingerprint density at radius 3 is 2.53 bits per heavy atom. The lowest BCUT2D eigenvalue weighted by atomic mass is 10.2. The molecule has 0 radical (unpaired) electrons. The summed E-state index contributed by atoms with van der Waals surface area (Å²) in [5.41, 5.74) is 0. The highest BCUT2D eigenvalue weighted by atomic mass is 16.2. The zero-order valence-corrected chi connectivity index (χ0v) is 10.6. The minimum absolute atomic E-state index is 0.319. The molecular formula is C13H21N3O. The Labute approximate surface area is 103 Å². The van der Waals surface area contributed by atoms with Gasteiger partial charge in [-0.25, -0.2) is 4.79 Å². The number of unbranched alkanes of at least 4 members (excludes halogenated alkanes) is 2. The van der Waals surface area contributed by atoms with Crippen molar-refractivity contribution in [2.24, 2.45) is 0 Å². The van der Waals surface area contributed by atoms with Crippen LogP contribution in [0.15, 0.2) is 37.3 Å². The Hall–Kier alpha value is -1.84. The van der Waals surface area contributed by atoms with Crippen molar-refractivity contribution in [3.63, 3.8) is 0 Å². The van der Waals surface area contributed by atoms with E-state index in [9.17, 15) is 4.79 Å². The molecule has 0 heterocycles. The lowest BCUT2D eigenvalue weighted by Crippen LogP contribution is -2.33. The van der Waals surface area contributed by atoms with E-state index in [4.69, 9.17) is 5.41 Å². The van der Waals surface area contributed by atoms with Crippen LogP contribution in [0.3, 0.4) is 0 Å². The number of nitrogens with zero attached hydrogens (tertiary/aromatic N) is 2. The van der Waals surface area contributed by atoms with Gasteiger partial charge >= 0.3 is 6.03 Å². The molecule has 17 heavy (non-hydrogen) atoms. The Balaban J connectivity index is 4.53. The number of amides is 2. The lowest BCUT2D eigenvalue weighted by Gasteiger charge is -2.19. The van der Waals surface area contributed by atoms with E-state index in [1.165, 1.54) is 22.2 Å². The Bertz CT molecular complexity index is 308. The van der Waals surface area contributed by atoms with Gasteiger partial charge in [0.2, 0.25) is 0 Å². The fourth-order valence-electron chi connectivity index (χ4n) is 1.17. The fourth-order valence-corrected chi connectivity index (χ4v) is 1.17. The second kappa shape index (κ2) is 9.39. The van der Waals surface area contributed by atoms with Crippen molar-refractivity contribution < 1.29 is 4.79 Å². The summed E-state index contributed by atoms with van der Waals surface area (Å²) in [6, 6.07) is -0.319. The van der Waals surface area contributed by atoms with Crippen LogP contribution < -0.4 is 0 Å². The molecule has 0 aromatic heterocycles. The number of rotatable bonds is 7. The summed E-state index contributed by atoms with van der Waals surface area (Å²) in [6.07, 6.45) is 12.4. The molecule has 0 rings (SSSR count). The summed E-state index contributed by atoms with van der Waals surface area (Å²) in [5, 5.41) is 7.15. The summed E-state index contributed by atoms with van der Waals surface area (Å²) in [4.78, 5) is 14.4. The Morgan fingerprint density at radius 2 is 2.06 bits per heavy atom. The van der Waals surface area contributed by atoms with Crippen LogP contribution in [-0.4, -0.2) is 22.2 Å². The van der Waals surface area contributed by atoms with Gasteiger partial charge in [-0.1, -0.05) is 38.5 Å². The third-order valence-corrected chi connectivity index (χ3v) is 2.08. The maximum absolute atomic E-state index is 11.9. The molecule has 4 nitrogen and oxygen atoms in total. The molecule has 1 N–H and O–H groups in total. The molecule has 0 saturated carbocycles. The maximum Gasteiger partial charge on any atom is 0.337 e. The number of hydrogen-bond donors (Lipinski definition) is 1. The van der Waals surface area contributed by atoms with E-state index >= 15 is 0 Å². The minimum atomic E-state index is -0.319. The third-order valence-electron chi connectivity index (χ3n) is 2.08. The second-order valence-corrected chi connectivity index (χ2v) is 3.42. The van der Waals surface area contributed by atoms with Crippen molar-refractivity contribution in [3.8, 4) is 0 Å². The van der Waals surface area contributed by atoms with E-state index in [0.29, 0.717) is 0 Å². The van der Waals surface area contributed by atoms with Gasteiger partial charge in [0.05, 0.1) is 6.34 Å². The summed E-state index contributed by atoms with van der Waals surface area (Å²) in [5.74, 6) is 0. The molecule has 0 aliphatic carbocycles. The standard InChI is InChI=1S/C13H21N3O/c1-4-7-8-9-11-15(6-3)13(17)16(12-14)10-5-2/h5-6,9-12,14H,3-4,7-8H2,1-2H3/b10-5-,11-9-,14-12?. The molecule has 4 heteroatoms. The van der Waals surface area contributed by atoms with Gasteiger partial charge in [0, 0.05) is 18.6 Å². The largest absolute Gasteiger partial charge is 0.337 e.